The predicted molar refractivity (Wildman–Crippen MR) is 90.9 cm³/mol. The van der Waals surface area contributed by atoms with Crippen LogP contribution in [0.5, 0.6) is 0 Å². The molecule has 0 saturated heterocycles. The Morgan fingerprint density at radius 1 is 1.22 bits per heavy atom. The van der Waals surface area contributed by atoms with Crippen molar-refractivity contribution in [3.8, 4) is 0 Å². The first-order valence-corrected chi connectivity index (χ1v) is 9.03. The molecule has 0 aliphatic heterocycles. The lowest BCUT2D eigenvalue weighted by molar-refractivity contribution is -0.153. The van der Waals surface area contributed by atoms with Crippen molar-refractivity contribution in [2.75, 3.05) is 6.61 Å². The van der Waals surface area contributed by atoms with Crippen LogP contribution < -0.4 is 0 Å². The molecule has 4 heteroatoms. The van der Waals surface area contributed by atoms with Crippen molar-refractivity contribution in [3.63, 3.8) is 0 Å². The lowest BCUT2D eigenvalue weighted by atomic mass is 9.84. The standard InChI is InChI=1S/C19H32O4/c1-4-6-7-8-16-9-11-17(12-10-16)23-19(21)13-15(3)14-22-18(20)5-2/h5,15-17H,2,4,6-14H2,1,3H3/t15-,16?,17?/m1/s1. The molecule has 132 valence electrons. The topological polar surface area (TPSA) is 52.6 Å². The minimum atomic E-state index is -0.452. The van der Waals surface area contributed by atoms with E-state index in [1.54, 1.807) is 0 Å². The number of carbonyl (C=O) groups excluding carboxylic acids is 2. The highest BCUT2D eigenvalue weighted by Gasteiger charge is 2.24. The molecule has 23 heavy (non-hydrogen) atoms. The molecule has 0 radical (unpaired) electrons. The van der Waals surface area contributed by atoms with Crippen LogP contribution in [0, 0.1) is 11.8 Å². The summed E-state index contributed by atoms with van der Waals surface area (Å²) in [5, 5.41) is 0. The molecule has 1 rings (SSSR count). The zero-order chi connectivity index (χ0) is 17.1. The van der Waals surface area contributed by atoms with Crippen molar-refractivity contribution in [2.45, 2.75) is 77.7 Å². The molecular weight excluding hydrogens is 292 g/mol. The van der Waals surface area contributed by atoms with Crippen LogP contribution >= 0.6 is 0 Å². The van der Waals surface area contributed by atoms with E-state index in [1.165, 1.54) is 38.5 Å². The smallest absolute Gasteiger partial charge is 0.330 e. The highest BCUT2D eigenvalue weighted by Crippen LogP contribution is 2.30. The van der Waals surface area contributed by atoms with Gasteiger partial charge in [-0.05, 0) is 31.6 Å². The Bertz CT molecular complexity index is 370. The van der Waals surface area contributed by atoms with Crippen molar-refractivity contribution in [2.24, 2.45) is 11.8 Å². The van der Waals surface area contributed by atoms with Crippen LogP contribution in [0.2, 0.25) is 0 Å². The van der Waals surface area contributed by atoms with Crippen molar-refractivity contribution in [3.05, 3.63) is 12.7 Å². The fraction of sp³-hybridized carbons (Fsp3) is 0.789. The summed E-state index contributed by atoms with van der Waals surface area (Å²) < 4.78 is 10.5. The quantitative estimate of drug-likeness (QED) is 0.339. The van der Waals surface area contributed by atoms with Gasteiger partial charge >= 0.3 is 11.9 Å². The van der Waals surface area contributed by atoms with Gasteiger partial charge in [0.1, 0.15) is 6.10 Å². The molecule has 0 N–H and O–H groups in total. The summed E-state index contributed by atoms with van der Waals surface area (Å²) in [4.78, 5) is 22.9. The molecule has 0 aromatic rings. The Morgan fingerprint density at radius 2 is 1.91 bits per heavy atom. The second kappa shape index (κ2) is 11.3. The minimum absolute atomic E-state index is 0.0308. The van der Waals surface area contributed by atoms with E-state index in [-0.39, 0.29) is 24.6 Å². The fourth-order valence-corrected chi connectivity index (χ4v) is 3.08. The molecule has 0 bridgehead atoms. The van der Waals surface area contributed by atoms with Crippen molar-refractivity contribution in [1.29, 1.82) is 0 Å². The summed E-state index contributed by atoms with van der Waals surface area (Å²) in [6, 6.07) is 0. The van der Waals surface area contributed by atoms with Gasteiger partial charge in [0.15, 0.2) is 0 Å². The Labute approximate surface area is 140 Å². The first-order valence-electron chi connectivity index (χ1n) is 9.03. The SMILES string of the molecule is C=CC(=O)OC[C@H](C)CC(=O)OC1CCC(CCCCC)CC1. The molecule has 1 aliphatic carbocycles. The molecule has 0 aromatic heterocycles. The van der Waals surface area contributed by atoms with Crippen LogP contribution in [0.3, 0.4) is 0 Å². The first-order chi connectivity index (χ1) is 11.0. The summed E-state index contributed by atoms with van der Waals surface area (Å²) in [5.74, 6) is 0.152. The lowest BCUT2D eigenvalue weighted by Crippen LogP contribution is -2.26. The lowest BCUT2D eigenvalue weighted by Gasteiger charge is -2.28. The van der Waals surface area contributed by atoms with E-state index >= 15 is 0 Å². The van der Waals surface area contributed by atoms with Gasteiger partial charge in [0.05, 0.1) is 13.0 Å². The largest absolute Gasteiger partial charge is 0.462 e. The van der Waals surface area contributed by atoms with Gasteiger partial charge in [-0.3, -0.25) is 4.79 Å². The number of unbranched alkanes of at least 4 members (excludes halogenated alkanes) is 2. The van der Waals surface area contributed by atoms with Crippen LogP contribution in [0.25, 0.3) is 0 Å². The molecule has 0 aromatic carbocycles. The van der Waals surface area contributed by atoms with Gasteiger partial charge in [0.2, 0.25) is 0 Å². The van der Waals surface area contributed by atoms with Crippen molar-refractivity contribution >= 4 is 11.9 Å². The third kappa shape index (κ3) is 8.77. The van der Waals surface area contributed by atoms with E-state index in [4.69, 9.17) is 9.47 Å². The zero-order valence-electron chi connectivity index (χ0n) is 14.7. The second-order valence-corrected chi connectivity index (χ2v) is 6.77. The van der Waals surface area contributed by atoms with Crippen LogP contribution in [-0.4, -0.2) is 24.6 Å². The number of esters is 2. The Hall–Kier alpha value is -1.32. The second-order valence-electron chi connectivity index (χ2n) is 6.77. The molecule has 4 nitrogen and oxygen atoms in total. The van der Waals surface area contributed by atoms with Crippen molar-refractivity contribution in [1.82, 2.24) is 0 Å². The molecule has 0 amide bonds. The highest BCUT2D eigenvalue weighted by atomic mass is 16.5. The summed E-state index contributed by atoms with van der Waals surface area (Å²) in [6.45, 7) is 7.68. The number of ether oxygens (including phenoxy) is 2. The molecule has 0 unspecified atom stereocenters. The van der Waals surface area contributed by atoms with Crippen LogP contribution in [-0.2, 0) is 19.1 Å². The maximum atomic E-state index is 11.9. The summed E-state index contributed by atoms with van der Waals surface area (Å²) in [6.07, 6.45) is 11.1. The van der Waals surface area contributed by atoms with Crippen LogP contribution in [0.15, 0.2) is 12.7 Å². The average Bonchev–Trinajstić information content (AvgIpc) is 2.54. The molecule has 1 atom stereocenters. The summed E-state index contributed by atoms with van der Waals surface area (Å²) in [7, 11) is 0. The molecule has 0 spiro atoms. The van der Waals surface area contributed by atoms with Crippen LogP contribution in [0.4, 0.5) is 0 Å². The molecule has 1 aliphatic rings. The van der Waals surface area contributed by atoms with Gasteiger partial charge in [-0.15, -0.1) is 0 Å². The van der Waals surface area contributed by atoms with Gasteiger partial charge < -0.3 is 9.47 Å². The Kier molecular flexibility index (Phi) is 9.65. The van der Waals surface area contributed by atoms with Gasteiger partial charge in [0, 0.05) is 12.0 Å². The normalized spacial score (nSPS) is 22.2. The maximum Gasteiger partial charge on any atom is 0.330 e. The average molecular weight is 324 g/mol. The zero-order valence-corrected chi connectivity index (χ0v) is 14.7. The van der Waals surface area contributed by atoms with Gasteiger partial charge in [-0.25, -0.2) is 4.79 Å². The molecule has 1 fully saturated rings. The predicted octanol–water partition coefficient (Wildman–Crippen LogP) is 4.42. The molecular formula is C19H32O4. The van der Waals surface area contributed by atoms with E-state index < -0.39 is 5.97 Å². The Morgan fingerprint density at radius 3 is 2.52 bits per heavy atom. The number of carbonyl (C=O) groups is 2. The first kappa shape index (κ1) is 19.7. The third-order valence-corrected chi connectivity index (χ3v) is 4.50. The van der Waals surface area contributed by atoms with E-state index in [1.807, 2.05) is 6.92 Å². The molecule has 0 heterocycles. The van der Waals surface area contributed by atoms with E-state index in [0.717, 1.165) is 24.8 Å². The van der Waals surface area contributed by atoms with E-state index in [9.17, 15) is 9.59 Å². The molecule has 1 saturated carbocycles. The number of hydrogen-bond donors (Lipinski definition) is 0. The van der Waals surface area contributed by atoms with Gasteiger partial charge in [-0.1, -0.05) is 46.1 Å². The van der Waals surface area contributed by atoms with Crippen LogP contribution in [0.1, 0.15) is 71.6 Å². The highest BCUT2D eigenvalue weighted by molar-refractivity contribution is 5.81. The van der Waals surface area contributed by atoms with Gasteiger partial charge in [0.25, 0.3) is 0 Å². The monoisotopic (exact) mass is 324 g/mol. The minimum Gasteiger partial charge on any atom is -0.462 e. The fourth-order valence-electron chi connectivity index (χ4n) is 3.08. The Balaban J connectivity index is 2.15. The number of rotatable bonds is 10. The van der Waals surface area contributed by atoms with E-state index in [2.05, 4.69) is 13.5 Å². The third-order valence-electron chi connectivity index (χ3n) is 4.50. The number of hydrogen-bond acceptors (Lipinski definition) is 4. The van der Waals surface area contributed by atoms with Crippen molar-refractivity contribution < 1.29 is 19.1 Å². The van der Waals surface area contributed by atoms with Gasteiger partial charge in [-0.2, -0.15) is 0 Å². The maximum absolute atomic E-state index is 11.9. The summed E-state index contributed by atoms with van der Waals surface area (Å²) >= 11 is 0. The summed E-state index contributed by atoms with van der Waals surface area (Å²) in [5.41, 5.74) is 0. The van der Waals surface area contributed by atoms with E-state index in [0.29, 0.717) is 6.42 Å².